The van der Waals surface area contributed by atoms with E-state index in [2.05, 4.69) is 0 Å². The van der Waals surface area contributed by atoms with Crippen molar-refractivity contribution in [2.75, 3.05) is 0 Å². The Morgan fingerprint density at radius 2 is 1.87 bits per heavy atom. The molecule has 1 aliphatic rings. The summed E-state index contributed by atoms with van der Waals surface area (Å²) < 4.78 is 0. The van der Waals surface area contributed by atoms with Gasteiger partial charge in [-0.25, -0.2) is 0 Å². The molecule has 0 heterocycles. The summed E-state index contributed by atoms with van der Waals surface area (Å²) in [4.78, 5) is 11.9. The summed E-state index contributed by atoms with van der Waals surface area (Å²) in [5, 5.41) is 0. The molecule has 1 aliphatic carbocycles. The second kappa shape index (κ2) is 4.43. The first kappa shape index (κ1) is 10.2. The SMILES string of the molecule is Cc1ccccc1C(=O)C=C1CCCC1. The fourth-order valence-corrected chi connectivity index (χ4v) is 2.09. The maximum atomic E-state index is 11.9. The third kappa shape index (κ3) is 2.35. The number of benzene rings is 1. The summed E-state index contributed by atoms with van der Waals surface area (Å²) in [7, 11) is 0. The van der Waals surface area contributed by atoms with Crippen LogP contribution in [0.4, 0.5) is 0 Å². The summed E-state index contributed by atoms with van der Waals surface area (Å²) in [6.45, 7) is 1.99. The van der Waals surface area contributed by atoms with Crippen LogP contribution in [0.5, 0.6) is 0 Å². The molecule has 1 heteroatoms. The molecule has 0 unspecified atom stereocenters. The van der Waals surface area contributed by atoms with Gasteiger partial charge in [-0.2, -0.15) is 0 Å². The van der Waals surface area contributed by atoms with Gasteiger partial charge in [0.05, 0.1) is 0 Å². The maximum Gasteiger partial charge on any atom is 0.186 e. The van der Waals surface area contributed by atoms with Crippen molar-refractivity contribution in [1.82, 2.24) is 0 Å². The number of hydrogen-bond acceptors (Lipinski definition) is 1. The van der Waals surface area contributed by atoms with E-state index in [1.165, 1.54) is 18.4 Å². The highest BCUT2D eigenvalue weighted by Crippen LogP contribution is 2.24. The zero-order valence-electron chi connectivity index (χ0n) is 9.12. The van der Waals surface area contributed by atoms with Gasteiger partial charge in [0, 0.05) is 5.56 Å². The van der Waals surface area contributed by atoms with E-state index in [4.69, 9.17) is 0 Å². The second-order valence-corrected chi connectivity index (χ2v) is 4.19. The minimum atomic E-state index is 0.171. The zero-order chi connectivity index (χ0) is 10.7. The summed E-state index contributed by atoms with van der Waals surface area (Å²) in [5.41, 5.74) is 3.23. The monoisotopic (exact) mass is 200 g/mol. The first-order chi connectivity index (χ1) is 7.27. The van der Waals surface area contributed by atoms with Crippen molar-refractivity contribution < 1.29 is 4.79 Å². The molecule has 0 atom stereocenters. The highest BCUT2D eigenvalue weighted by Gasteiger charge is 2.10. The van der Waals surface area contributed by atoms with E-state index < -0.39 is 0 Å². The lowest BCUT2D eigenvalue weighted by molar-refractivity contribution is 0.104. The average Bonchev–Trinajstić information content (AvgIpc) is 2.71. The average molecular weight is 200 g/mol. The Labute approximate surface area is 90.8 Å². The highest BCUT2D eigenvalue weighted by atomic mass is 16.1. The molecule has 1 aromatic rings. The molecule has 1 aromatic carbocycles. The molecule has 1 nitrogen and oxygen atoms in total. The Morgan fingerprint density at radius 1 is 1.20 bits per heavy atom. The number of aryl methyl sites for hydroxylation is 1. The lowest BCUT2D eigenvalue weighted by Crippen LogP contribution is -1.98. The van der Waals surface area contributed by atoms with Crippen LogP contribution in [0, 0.1) is 6.92 Å². The van der Waals surface area contributed by atoms with Crippen molar-refractivity contribution in [3.05, 3.63) is 47.0 Å². The maximum absolute atomic E-state index is 11.9. The van der Waals surface area contributed by atoms with Crippen LogP contribution >= 0.6 is 0 Å². The Bertz CT molecular complexity index is 394. The van der Waals surface area contributed by atoms with Gasteiger partial charge in [-0.3, -0.25) is 4.79 Å². The van der Waals surface area contributed by atoms with Gasteiger partial charge in [0.25, 0.3) is 0 Å². The molecule has 2 rings (SSSR count). The van der Waals surface area contributed by atoms with Gasteiger partial charge in [0.1, 0.15) is 0 Å². The van der Waals surface area contributed by atoms with Crippen LogP contribution in [0.2, 0.25) is 0 Å². The third-order valence-electron chi connectivity index (χ3n) is 2.99. The molecule has 0 amide bonds. The Kier molecular flexibility index (Phi) is 3.00. The van der Waals surface area contributed by atoms with Crippen LogP contribution in [-0.2, 0) is 0 Å². The normalized spacial score (nSPS) is 15.4. The van der Waals surface area contributed by atoms with Crippen molar-refractivity contribution in [2.24, 2.45) is 0 Å². The lowest BCUT2D eigenvalue weighted by Gasteiger charge is -2.01. The summed E-state index contributed by atoms with van der Waals surface area (Å²) in [6.07, 6.45) is 6.55. The molecule has 0 N–H and O–H groups in total. The van der Waals surface area contributed by atoms with Gasteiger partial charge in [-0.05, 0) is 44.2 Å². The van der Waals surface area contributed by atoms with Crippen LogP contribution in [-0.4, -0.2) is 5.78 Å². The number of carbonyl (C=O) groups is 1. The van der Waals surface area contributed by atoms with Gasteiger partial charge in [0.2, 0.25) is 0 Å². The van der Waals surface area contributed by atoms with Crippen molar-refractivity contribution in [3.8, 4) is 0 Å². The summed E-state index contributed by atoms with van der Waals surface area (Å²) >= 11 is 0. The van der Waals surface area contributed by atoms with Crippen molar-refractivity contribution in [1.29, 1.82) is 0 Å². The third-order valence-corrected chi connectivity index (χ3v) is 2.99. The molecule has 0 bridgehead atoms. The van der Waals surface area contributed by atoms with E-state index in [0.717, 1.165) is 24.0 Å². The fourth-order valence-electron chi connectivity index (χ4n) is 2.09. The van der Waals surface area contributed by atoms with Gasteiger partial charge in [-0.1, -0.05) is 29.8 Å². The first-order valence-corrected chi connectivity index (χ1v) is 5.57. The molecule has 15 heavy (non-hydrogen) atoms. The lowest BCUT2D eigenvalue weighted by atomic mass is 10.0. The number of ketones is 1. The highest BCUT2D eigenvalue weighted by molar-refractivity contribution is 6.05. The van der Waals surface area contributed by atoms with Crippen LogP contribution in [0.3, 0.4) is 0 Å². The Hall–Kier alpha value is -1.37. The number of carbonyl (C=O) groups excluding carboxylic acids is 1. The Balaban J connectivity index is 2.21. The molecular weight excluding hydrogens is 184 g/mol. The number of allylic oxidation sites excluding steroid dienone is 2. The van der Waals surface area contributed by atoms with Crippen LogP contribution in [0.15, 0.2) is 35.9 Å². The molecular formula is C14H16O. The van der Waals surface area contributed by atoms with Crippen LogP contribution in [0.1, 0.15) is 41.6 Å². The van der Waals surface area contributed by atoms with E-state index >= 15 is 0 Å². The number of hydrogen-bond donors (Lipinski definition) is 0. The van der Waals surface area contributed by atoms with E-state index in [1.807, 2.05) is 37.3 Å². The topological polar surface area (TPSA) is 17.1 Å². The second-order valence-electron chi connectivity index (χ2n) is 4.19. The molecule has 78 valence electrons. The first-order valence-electron chi connectivity index (χ1n) is 5.57. The molecule has 1 saturated carbocycles. The molecule has 0 aromatic heterocycles. The van der Waals surface area contributed by atoms with E-state index in [0.29, 0.717) is 0 Å². The van der Waals surface area contributed by atoms with Crippen LogP contribution < -0.4 is 0 Å². The molecule has 0 aliphatic heterocycles. The van der Waals surface area contributed by atoms with Gasteiger partial charge >= 0.3 is 0 Å². The summed E-state index contributed by atoms with van der Waals surface area (Å²) in [6, 6.07) is 7.78. The molecule has 0 spiro atoms. The van der Waals surface area contributed by atoms with Gasteiger partial charge < -0.3 is 0 Å². The largest absolute Gasteiger partial charge is 0.289 e. The predicted molar refractivity (Wildman–Crippen MR) is 62.1 cm³/mol. The van der Waals surface area contributed by atoms with Gasteiger partial charge in [0.15, 0.2) is 5.78 Å². The molecule has 1 fully saturated rings. The minimum Gasteiger partial charge on any atom is -0.289 e. The molecule has 0 radical (unpaired) electrons. The van der Waals surface area contributed by atoms with E-state index in [-0.39, 0.29) is 5.78 Å². The number of rotatable bonds is 2. The smallest absolute Gasteiger partial charge is 0.186 e. The fraction of sp³-hybridized carbons (Fsp3) is 0.357. The van der Waals surface area contributed by atoms with Crippen molar-refractivity contribution in [3.63, 3.8) is 0 Å². The molecule has 0 saturated heterocycles. The van der Waals surface area contributed by atoms with Gasteiger partial charge in [-0.15, -0.1) is 0 Å². The predicted octanol–water partition coefficient (Wildman–Crippen LogP) is 3.68. The zero-order valence-corrected chi connectivity index (χ0v) is 9.12. The summed E-state index contributed by atoms with van der Waals surface area (Å²) in [5.74, 6) is 0.171. The van der Waals surface area contributed by atoms with Crippen molar-refractivity contribution in [2.45, 2.75) is 32.6 Å². The van der Waals surface area contributed by atoms with Crippen LogP contribution in [0.25, 0.3) is 0 Å². The minimum absolute atomic E-state index is 0.171. The Morgan fingerprint density at radius 3 is 2.53 bits per heavy atom. The van der Waals surface area contributed by atoms with E-state index in [1.54, 1.807) is 0 Å². The quantitative estimate of drug-likeness (QED) is 0.525. The van der Waals surface area contributed by atoms with Crippen molar-refractivity contribution >= 4 is 5.78 Å². The standard InChI is InChI=1S/C14H16O/c1-11-6-2-5-9-13(11)14(15)10-12-7-3-4-8-12/h2,5-6,9-10H,3-4,7-8H2,1H3. The van der Waals surface area contributed by atoms with E-state index in [9.17, 15) is 4.79 Å².